The minimum Gasteiger partial charge on any atom is -0.494 e. The summed E-state index contributed by atoms with van der Waals surface area (Å²) in [7, 11) is 3.18. The number of rotatable bonds is 8. The van der Waals surface area contributed by atoms with Crippen molar-refractivity contribution in [2.45, 2.75) is 38.8 Å². The molecule has 0 aliphatic heterocycles. The van der Waals surface area contributed by atoms with E-state index in [-0.39, 0.29) is 17.6 Å². The molecule has 1 aromatic carbocycles. The summed E-state index contributed by atoms with van der Waals surface area (Å²) in [6.07, 6.45) is 2.15. The van der Waals surface area contributed by atoms with Crippen LogP contribution < -0.4 is 10.1 Å². The maximum absolute atomic E-state index is 13.4. The zero-order valence-electron chi connectivity index (χ0n) is 12.2. The Morgan fingerprint density at radius 2 is 2.05 bits per heavy atom. The van der Waals surface area contributed by atoms with Crippen molar-refractivity contribution in [2.75, 3.05) is 20.8 Å². The maximum Gasteiger partial charge on any atom is 0.165 e. The summed E-state index contributed by atoms with van der Waals surface area (Å²) in [4.78, 5) is 0. The predicted octanol–water partition coefficient (Wildman–Crippen LogP) is 3.30. The monoisotopic (exact) mass is 269 g/mol. The topological polar surface area (TPSA) is 30.5 Å². The number of hydrogen-bond acceptors (Lipinski definition) is 3. The molecule has 0 heterocycles. The molecule has 4 heteroatoms. The van der Waals surface area contributed by atoms with Gasteiger partial charge in [-0.25, -0.2) is 4.39 Å². The third-order valence-corrected chi connectivity index (χ3v) is 3.17. The average Bonchev–Trinajstić information content (AvgIpc) is 2.39. The lowest BCUT2D eigenvalue weighted by Crippen LogP contribution is -2.35. The fraction of sp³-hybridized carbons (Fsp3) is 0.600. The van der Waals surface area contributed by atoms with Gasteiger partial charge in [0.25, 0.3) is 0 Å². The quantitative estimate of drug-likeness (QED) is 0.785. The third kappa shape index (κ3) is 4.80. The molecule has 108 valence electrons. The molecule has 2 atom stereocenters. The Morgan fingerprint density at radius 1 is 1.32 bits per heavy atom. The summed E-state index contributed by atoms with van der Waals surface area (Å²) in [5.74, 6) is -0.0506. The van der Waals surface area contributed by atoms with Crippen molar-refractivity contribution < 1.29 is 13.9 Å². The van der Waals surface area contributed by atoms with E-state index in [4.69, 9.17) is 9.47 Å². The number of nitrogens with one attached hydrogen (secondary N) is 1. The SMILES string of the molecule is CCCC(COC)NC(C)c1ccc(F)c(OC)c1. The van der Waals surface area contributed by atoms with E-state index in [2.05, 4.69) is 19.2 Å². The van der Waals surface area contributed by atoms with Gasteiger partial charge in [0.2, 0.25) is 0 Å². The van der Waals surface area contributed by atoms with E-state index >= 15 is 0 Å². The molecule has 0 spiro atoms. The predicted molar refractivity (Wildman–Crippen MR) is 75.1 cm³/mol. The lowest BCUT2D eigenvalue weighted by atomic mass is 10.1. The molecule has 0 fully saturated rings. The molecule has 1 N–H and O–H groups in total. The fourth-order valence-corrected chi connectivity index (χ4v) is 2.16. The molecule has 0 radical (unpaired) electrons. The summed E-state index contributed by atoms with van der Waals surface area (Å²) in [5.41, 5.74) is 1.01. The van der Waals surface area contributed by atoms with Crippen LogP contribution in [-0.2, 0) is 4.74 Å². The Labute approximate surface area is 115 Å². The molecular formula is C15H24FNO2. The molecule has 0 saturated heterocycles. The molecule has 0 aromatic heterocycles. The maximum atomic E-state index is 13.4. The first kappa shape index (κ1) is 15.9. The van der Waals surface area contributed by atoms with Gasteiger partial charge in [-0.2, -0.15) is 0 Å². The van der Waals surface area contributed by atoms with E-state index in [1.165, 1.54) is 13.2 Å². The van der Waals surface area contributed by atoms with Crippen LogP contribution in [0.1, 0.15) is 38.3 Å². The second-order valence-corrected chi connectivity index (χ2v) is 4.72. The smallest absolute Gasteiger partial charge is 0.165 e. The Balaban J connectivity index is 2.72. The van der Waals surface area contributed by atoms with Crippen LogP contribution in [0.3, 0.4) is 0 Å². The largest absolute Gasteiger partial charge is 0.494 e. The van der Waals surface area contributed by atoms with Crippen LogP contribution in [0.4, 0.5) is 4.39 Å². The minimum atomic E-state index is -0.333. The van der Waals surface area contributed by atoms with Gasteiger partial charge in [-0.1, -0.05) is 19.4 Å². The van der Waals surface area contributed by atoms with Crippen molar-refractivity contribution in [2.24, 2.45) is 0 Å². The van der Waals surface area contributed by atoms with Gasteiger partial charge in [-0.15, -0.1) is 0 Å². The highest BCUT2D eigenvalue weighted by molar-refractivity contribution is 5.31. The van der Waals surface area contributed by atoms with Crippen LogP contribution in [0.15, 0.2) is 18.2 Å². The first-order chi connectivity index (χ1) is 9.12. The molecule has 3 nitrogen and oxygen atoms in total. The highest BCUT2D eigenvalue weighted by Crippen LogP contribution is 2.23. The number of ether oxygens (including phenoxy) is 2. The second-order valence-electron chi connectivity index (χ2n) is 4.72. The molecule has 0 aliphatic rings. The summed E-state index contributed by atoms with van der Waals surface area (Å²) in [6.45, 7) is 4.89. The third-order valence-electron chi connectivity index (χ3n) is 3.17. The number of benzene rings is 1. The van der Waals surface area contributed by atoms with E-state index < -0.39 is 0 Å². The molecule has 0 aliphatic carbocycles. The summed E-state index contributed by atoms with van der Waals surface area (Å²) < 4.78 is 23.6. The first-order valence-electron chi connectivity index (χ1n) is 6.70. The molecule has 0 bridgehead atoms. The van der Waals surface area contributed by atoms with Crippen molar-refractivity contribution in [3.63, 3.8) is 0 Å². The molecule has 0 amide bonds. The molecular weight excluding hydrogens is 245 g/mol. The van der Waals surface area contributed by atoms with Gasteiger partial charge in [0, 0.05) is 19.2 Å². The average molecular weight is 269 g/mol. The highest BCUT2D eigenvalue weighted by Gasteiger charge is 2.14. The van der Waals surface area contributed by atoms with Crippen molar-refractivity contribution in [1.29, 1.82) is 0 Å². The molecule has 1 aromatic rings. The Bertz CT molecular complexity index is 378. The van der Waals surface area contributed by atoms with Crippen LogP contribution in [0.25, 0.3) is 0 Å². The van der Waals surface area contributed by atoms with Crippen molar-refractivity contribution in [3.05, 3.63) is 29.6 Å². The summed E-state index contributed by atoms with van der Waals surface area (Å²) in [5, 5.41) is 3.50. The Hall–Kier alpha value is -1.13. The Kier molecular flexibility index (Phi) is 6.81. The number of halogens is 1. The molecule has 1 rings (SSSR count). The summed E-state index contributed by atoms with van der Waals surface area (Å²) in [6, 6.07) is 5.40. The van der Waals surface area contributed by atoms with E-state index in [0.29, 0.717) is 12.6 Å². The normalized spacial score (nSPS) is 14.2. The van der Waals surface area contributed by atoms with Crippen LogP contribution >= 0.6 is 0 Å². The molecule has 2 unspecified atom stereocenters. The minimum absolute atomic E-state index is 0.126. The van der Waals surface area contributed by atoms with Gasteiger partial charge in [0.05, 0.1) is 13.7 Å². The zero-order valence-corrected chi connectivity index (χ0v) is 12.2. The number of methoxy groups -OCH3 is 2. The van der Waals surface area contributed by atoms with Crippen molar-refractivity contribution >= 4 is 0 Å². The fourth-order valence-electron chi connectivity index (χ4n) is 2.16. The van der Waals surface area contributed by atoms with Crippen LogP contribution in [0.5, 0.6) is 5.75 Å². The highest BCUT2D eigenvalue weighted by atomic mass is 19.1. The van der Waals surface area contributed by atoms with E-state index in [1.807, 2.05) is 0 Å². The van der Waals surface area contributed by atoms with Gasteiger partial charge >= 0.3 is 0 Å². The lowest BCUT2D eigenvalue weighted by Gasteiger charge is -2.23. The van der Waals surface area contributed by atoms with Crippen LogP contribution in [0.2, 0.25) is 0 Å². The second kappa shape index (κ2) is 8.12. The van der Waals surface area contributed by atoms with Gasteiger partial charge in [0.1, 0.15) is 0 Å². The van der Waals surface area contributed by atoms with E-state index in [9.17, 15) is 4.39 Å². The van der Waals surface area contributed by atoms with Crippen LogP contribution in [-0.4, -0.2) is 26.9 Å². The Morgan fingerprint density at radius 3 is 2.63 bits per heavy atom. The first-order valence-corrected chi connectivity index (χ1v) is 6.70. The van der Waals surface area contributed by atoms with Crippen molar-refractivity contribution in [3.8, 4) is 5.75 Å². The van der Waals surface area contributed by atoms with Gasteiger partial charge < -0.3 is 14.8 Å². The van der Waals surface area contributed by atoms with Gasteiger partial charge in [-0.3, -0.25) is 0 Å². The van der Waals surface area contributed by atoms with Gasteiger partial charge in [-0.05, 0) is 31.0 Å². The standard InChI is InChI=1S/C15H24FNO2/c1-5-6-13(10-18-3)17-11(2)12-7-8-14(16)15(9-12)19-4/h7-9,11,13,17H,5-6,10H2,1-4H3. The molecule has 0 saturated carbocycles. The number of hydrogen-bond donors (Lipinski definition) is 1. The molecule has 19 heavy (non-hydrogen) atoms. The van der Waals surface area contributed by atoms with E-state index in [0.717, 1.165) is 18.4 Å². The van der Waals surface area contributed by atoms with E-state index in [1.54, 1.807) is 19.2 Å². The summed E-state index contributed by atoms with van der Waals surface area (Å²) >= 11 is 0. The van der Waals surface area contributed by atoms with Crippen LogP contribution in [0, 0.1) is 5.82 Å². The lowest BCUT2D eigenvalue weighted by molar-refractivity contribution is 0.157. The van der Waals surface area contributed by atoms with Crippen molar-refractivity contribution in [1.82, 2.24) is 5.32 Å². The zero-order chi connectivity index (χ0) is 14.3. The van der Waals surface area contributed by atoms with Gasteiger partial charge in [0.15, 0.2) is 11.6 Å².